The Morgan fingerprint density at radius 1 is 1.26 bits per heavy atom. The molecule has 2 atom stereocenters. The molecule has 2 unspecified atom stereocenters. The van der Waals surface area contributed by atoms with Gasteiger partial charge in [-0.05, 0) is 41.0 Å². The monoisotopic (exact) mass is 544 g/mol. The van der Waals surface area contributed by atoms with Crippen molar-refractivity contribution in [1.29, 1.82) is 0 Å². The number of fused-ring (bicyclic) bond motifs is 2. The van der Waals surface area contributed by atoms with E-state index in [0.717, 1.165) is 18.4 Å². The SMILES string of the molecule is Cn1ccc2c(c1=O)C1=C3C(=CN(c4ccc(F)cc4F)C3C(C(=O)NCCO)CN1)C=C2CS(C)(=O)=O. The molecular weight excluding hydrogens is 518 g/mol. The van der Waals surface area contributed by atoms with Crippen LogP contribution in [0.1, 0.15) is 11.1 Å². The molecule has 1 aliphatic carbocycles. The van der Waals surface area contributed by atoms with Gasteiger partial charge in [0.1, 0.15) is 11.6 Å². The Labute approximate surface area is 217 Å². The molecule has 1 aromatic heterocycles. The molecule has 0 saturated carbocycles. The molecule has 3 aliphatic rings. The van der Waals surface area contributed by atoms with Crippen LogP contribution in [-0.2, 0) is 21.7 Å². The maximum Gasteiger partial charge on any atom is 0.260 e. The van der Waals surface area contributed by atoms with Crippen LogP contribution in [0.3, 0.4) is 0 Å². The largest absolute Gasteiger partial charge is 0.395 e. The van der Waals surface area contributed by atoms with Gasteiger partial charge in [0.25, 0.3) is 5.56 Å². The standard InChI is InChI=1S/C26H26F2N4O5S/c1-31-7-5-17-15(13-38(2,36)37)9-14-12-32(20-4-3-16(27)10-19(20)28)24-18(25(34)29-6-8-33)11-30-23(21(14)24)22(17)26(31)35/h3-5,7,9-10,12,18,24,30,33H,6,8,11,13H2,1-2H3,(H,29,34). The number of sulfone groups is 1. The van der Waals surface area contributed by atoms with Crippen molar-refractivity contribution in [3.8, 4) is 0 Å². The van der Waals surface area contributed by atoms with Crippen LogP contribution in [0.4, 0.5) is 14.5 Å². The minimum absolute atomic E-state index is 0.0148. The van der Waals surface area contributed by atoms with Crippen molar-refractivity contribution in [2.24, 2.45) is 13.0 Å². The smallest absolute Gasteiger partial charge is 0.260 e. The summed E-state index contributed by atoms with van der Waals surface area (Å²) < 4.78 is 54.9. The summed E-state index contributed by atoms with van der Waals surface area (Å²) in [5.41, 5.74) is 2.18. The first-order chi connectivity index (χ1) is 18.0. The van der Waals surface area contributed by atoms with Crippen molar-refractivity contribution in [3.63, 3.8) is 0 Å². The summed E-state index contributed by atoms with van der Waals surface area (Å²) >= 11 is 0. The van der Waals surface area contributed by atoms with Crippen LogP contribution in [0, 0.1) is 17.6 Å². The lowest BCUT2D eigenvalue weighted by Crippen LogP contribution is -2.52. The fraction of sp³-hybridized carbons (Fsp3) is 0.308. The summed E-state index contributed by atoms with van der Waals surface area (Å²) in [7, 11) is -1.94. The van der Waals surface area contributed by atoms with Crippen LogP contribution in [0.5, 0.6) is 0 Å². The van der Waals surface area contributed by atoms with Gasteiger partial charge in [-0.25, -0.2) is 17.2 Å². The third kappa shape index (κ3) is 4.43. The Hall–Kier alpha value is -3.77. The molecule has 38 heavy (non-hydrogen) atoms. The van der Waals surface area contributed by atoms with E-state index in [2.05, 4.69) is 10.6 Å². The minimum atomic E-state index is -3.51. The highest BCUT2D eigenvalue weighted by atomic mass is 32.2. The number of pyridine rings is 1. The number of carbonyl (C=O) groups excluding carboxylic acids is 1. The Bertz CT molecular complexity index is 1610. The summed E-state index contributed by atoms with van der Waals surface area (Å²) in [6.07, 6.45) is 5.89. The molecule has 2 aliphatic heterocycles. The van der Waals surface area contributed by atoms with Crippen molar-refractivity contribution in [2.45, 2.75) is 6.04 Å². The number of nitrogens with one attached hydrogen (secondary N) is 2. The Balaban J connectivity index is 1.79. The zero-order valence-electron chi connectivity index (χ0n) is 20.7. The number of hydrogen-bond donors (Lipinski definition) is 3. The van der Waals surface area contributed by atoms with Crippen molar-refractivity contribution in [1.82, 2.24) is 15.2 Å². The van der Waals surface area contributed by atoms with E-state index in [1.165, 1.54) is 15.5 Å². The van der Waals surface area contributed by atoms with E-state index in [-0.39, 0.29) is 42.3 Å². The van der Waals surface area contributed by atoms with E-state index in [1.807, 2.05) is 0 Å². The predicted octanol–water partition coefficient (Wildman–Crippen LogP) is 0.917. The van der Waals surface area contributed by atoms with E-state index in [1.54, 1.807) is 31.6 Å². The number of aliphatic hydroxyl groups is 1. The van der Waals surface area contributed by atoms with Crippen molar-refractivity contribution < 1.29 is 27.1 Å². The topological polar surface area (TPSA) is 121 Å². The average molecular weight is 545 g/mol. The number of aliphatic hydroxyl groups excluding tert-OH is 1. The molecule has 1 aromatic carbocycles. The molecule has 9 nitrogen and oxygen atoms in total. The number of carbonyl (C=O) groups is 1. The molecule has 0 radical (unpaired) electrons. The molecule has 0 bridgehead atoms. The number of allylic oxidation sites excluding steroid dienone is 1. The number of hydrogen-bond acceptors (Lipinski definition) is 7. The summed E-state index contributed by atoms with van der Waals surface area (Å²) in [6, 6.07) is 4.00. The molecule has 0 fully saturated rings. The van der Waals surface area contributed by atoms with Gasteiger partial charge in [0.05, 0.1) is 41.3 Å². The molecule has 3 N–H and O–H groups in total. The molecule has 12 heteroatoms. The van der Waals surface area contributed by atoms with Crippen LogP contribution in [0.25, 0.3) is 11.3 Å². The lowest BCUT2D eigenvalue weighted by Gasteiger charge is -2.38. The summed E-state index contributed by atoms with van der Waals surface area (Å²) in [5.74, 6) is -3.15. The predicted molar refractivity (Wildman–Crippen MR) is 139 cm³/mol. The second-order valence-corrected chi connectivity index (χ2v) is 11.7. The van der Waals surface area contributed by atoms with Crippen LogP contribution >= 0.6 is 0 Å². The van der Waals surface area contributed by atoms with Crippen LogP contribution < -0.4 is 21.1 Å². The Morgan fingerprint density at radius 2 is 2.03 bits per heavy atom. The molecular formula is C26H26F2N4O5S. The highest BCUT2D eigenvalue weighted by molar-refractivity contribution is 7.91. The van der Waals surface area contributed by atoms with Crippen molar-refractivity contribution in [2.75, 3.05) is 36.6 Å². The normalized spacial score (nSPS) is 20.2. The second-order valence-electron chi connectivity index (χ2n) is 9.58. The first-order valence-corrected chi connectivity index (χ1v) is 14.0. The van der Waals surface area contributed by atoms with Crippen LogP contribution in [-0.4, -0.2) is 61.7 Å². The molecule has 0 saturated heterocycles. The van der Waals surface area contributed by atoms with Gasteiger partial charge < -0.3 is 25.2 Å². The molecule has 1 amide bonds. The highest BCUT2D eigenvalue weighted by Gasteiger charge is 2.46. The lowest BCUT2D eigenvalue weighted by molar-refractivity contribution is -0.125. The molecule has 5 rings (SSSR count). The van der Waals surface area contributed by atoms with Crippen LogP contribution in [0.15, 0.2) is 58.7 Å². The van der Waals surface area contributed by atoms with Gasteiger partial charge >= 0.3 is 0 Å². The van der Waals surface area contributed by atoms with Gasteiger partial charge in [0, 0.05) is 50.4 Å². The van der Waals surface area contributed by atoms with E-state index >= 15 is 4.39 Å². The fourth-order valence-corrected chi connectivity index (χ4v) is 6.12. The number of aromatic nitrogens is 1. The number of halogens is 2. The van der Waals surface area contributed by atoms with Gasteiger partial charge in [0.2, 0.25) is 5.91 Å². The minimum Gasteiger partial charge on any atom is -0.395 e. The average Bonchev–Trinajstić information content (AvgIpc) is 3.15. The van der Waals surface area contributed by atoms with Gasteiger partial charge in [-0.3, -0.25) is 9.59 Å². The number of nitrogens with zero attached hydrogens (tertiary/aromatic N) is 2. The summed E-state index contributed by atoms with van der Waals surface area (Å²) in [5, 5.41) is 15.1. The van der Waals surface area contributed by atoms with Crippen molar-refractivity contribution in [3.05, 3.63) is 87.0 Å². The number of amides is 1. The number of rotatable bonds is 6. The maximum absolute atomic E-state index is 15.0. The first kappa shape index (κ1) is 25.9. The van der Waals surface area contributed by atoms with Crippen molar-refractivity contribution >= 4 is 32.7 Å². The van der Waals surface area contributed by atoms with E-state index < -0.39 is 39.3 Å². The quantitative estimate of drug-likeness (QED) is 0.495. The fourth-order valence-electron chi connectivity index (χ4n) is 5.32. The molecule has 2 aromatic rings. The number of anilines is 1. The van der Waals surface area contributed by atoms with Crippen LogP contribution in [0.2, 0.25) is 0 Å². The maximum atomic E-state index is 15.0. The van der Waals surface area contributed by atoms with Gasteiger partial charge in [-0.2, -0.15) is 0 Å². The van der Waals surface area contributed by atoms with E-state index in [0.29, 0.717) is 28.0 Å². The number of benzene rings is 1. The van der Waals surface area contributed by atoms with E-state index in [9.17, 15) is 27.5 Å². The summed E-state index contributed by atoms with van der Waals surface area (Å²) in [4.78, 5) is 28.2. The number of aryl methyl sites for hydroxylation is 1. The first-order valence-electron chi connectivity index (χ1n) is 11.9. The summed E-state index contributed by atoms with van der Waals surface area (Å²) in [6.45, 7) is -0.188. The van der Waals surface area contributed by atoms with Gasteiger partial charge in [-0.1, -0.05) is 0 Å². The zero-order valence-corrected chi connectivity index (χ0v) is 21.5. The van der Waals surface area contributed by atoms with E-state index in [4.69, 9.17) is 0 Å². The highest BCUT2D eigenvalue weighted by Crippen LogP contribution is 2.46. The third-order valence-electron chi connectivity index (χ3n) is 6.88. The van der Waals surface area contributed by atoms with Gasteiger partial charge in [-0.15, -0.1) is 0 Å². The Morgan fingerprint density at radius 3 is 2.71 bits per heavy atom. The Kier molecular flexibility index (Phi) is 6.48. The third-order valence-corrected chi connectivity index (χ3v) is 7.72. The van der Waals surface area contributed by atoms with Gasteiger partial charge in [0.15, 0.2) is 9.84 Å². The molecule has 0 spiro atoms. The second kappa shape index (κ2) is 9.52. The molecule has 3 heterocycles. The lowest BCUT2D eigenvalue weighted by atomic mass is 9.84. The zero-order chi connectivity index (χ0) is 27.4. The molecule has 200 valence electrons.